The van der Waals surface area contributed by atoms with Gasteiger partial charge in [-0.05, 0) is 34.9 Å². The highest BCUT2D eigenvalue weighted by Crippen LogP contribution is 2.45. The van der Waals surface area contributed by atoms with E-state index in [-0.39, 0.29) is 24.8 Å². The maximum Gasteiger partial charge on any atom is 0.338 e. The SMILES string of the molecule is CC(=O)N1CCN(C(=O)CC2=CSC3=NC(C)=C(C(=O)OCc4ccccc4)[C@H](c4ccc(C(C)C)cc4)N23)CC1. The second-order valence-electron chi connectivity index (χ2n) is 10.8. The second kappa shape index (κ2) is 12.3. The van der Waals surface area contributed by atoms with Gasteiger partial charge in [-0.15, -0.1) is 0 Å². The number of allylic oxidation sites excluding steroid dienone is 1. The fourth-order valence-electron chi connectivity index (χ4n) is 5.35. The molecule has 0 saturated carbocycles. The number of carbonyl (C=O) groups is 3. The van der Waals surface area contributed by atoms with Gasteiger partial charge < -0.3 is 19.4 Å². The molecule has 2 amide bonds. The zero-order valence-corrected chi connectivity index (χ0v) is 24.8. The molecule has 0 radical (unpaired) electrons. The monoisotopic (exact) mass is 572 g/mol. The molecular formula is C32H36N4O4S. The van der Waals surface area contributed by atoms with Crippen LogP contribution in [0.15, 0.2) is 82.0 Å². The quantitative estimate of drug-likeness (QED) is 0.424. The van der Waals surface area contributed by atoms with Crippen molar-refractivity contribution >= 4 is 34.7 Å². The van der Waals surface area contributed by atoms with Gasteiger partial charge in [-0.25, -0.2) is 9.79 Å². The zero-order valence-electron chi connectivity index (χ0n) is 24.0. The van der Waals surface area contributed by atoms with E-state index < -0.39 is 12.0 Å². The summed E-state index contributed by atoms with van der Waals surface area (Å²) in [5, 5.41) is 2.70. The van der Waals surface area contributed by atoms with Crippen molar-refractivity contribution in [3.8, 4) is 0 Å². The fourth-order valence-corrected chi connectivity index (χ4v) is 6.31. The smallest absolute Gasteiger partial charge is 0.338 e. The molecule has 3 aliphatic rings. The molecule has 1 atom stereocenters. The first-order chi connectivity index (χ1) is 19.7. The van der Waals surface area contributed by atoms with E-state index in [1.165, 1.54) is 17.3 Å². The lowest BCUT2D eigenvalue weighted by Crippen LogP contribution is -2.50. The van der Waals surface area contributed by atoms with Gasteiger partial charge in [0.25, 0.3) is 0 Å². The van der Waals surface area contributed by atoms with Crippen LogP contribution in [0.25, 0.3) is 0 Å². The third-order valence-electron chi connectivity index (χ3n) is 7.76. The van der Waals surface area contributed by atoms with Crippen LogP contribution in [0.3, 0.4) is 0 Å². The van der Waals surface area contributed by atoms with Gasteiger partial charge in [0.05, 0.1) is 23.7 Å². The summed E-state index contributed by atoms with van der Waals surface area (Å²) in [5.41, 5.74) is 4.93. The lowest BCUT2D eigenvalue weighted by Gasteiger charge is -2.38. The fraction of sp³-hybridized carbons (Fsp3) is 0.375. The number of nitrogens with zero attached hydrogens (tertiary/aromatic N) is 4. The van der Waals surface area contributed by atoms with E-state index in [1.807, 2.05) is 52.5 Å². The molecule has 8 nitrogen and oxygen atoms in total. The average molecular weight is 573 g/mol. The predicted molar refractivity (Wildman–Crippen MR) is 161 cm³/mol. The van der Waals surface area contributed by atoms with Crippen LogP contribution >= 0.6 is 11.8 Å². The number of hydrogen-bond acceptors (Lipinski definition) is 7. The maximum atomic E-state index is 13.7. The molecule has 3 heterocycles. The first kappa shape index (κ1) is 28.7. The molecule has 214 valence electrons. The molecule has 5 rings (SSSR count). The van der Waals surface area contributed by atoms with Crippen molar-refractivity contribution in [1.82, 2.24) is 14.7 Å². The summed E-state index contributed by atoms with van der Waals surface area (Å²) in [5.74, 6) is -0.0231. The Morgan fingerprint density at radius 1 is 0.976 bits per heavy atom. The van der Waals surface area contributed by atoms with E-state index >= 15 is 0 Å². The lowest BCUT2D eigenvalue weighted by molar-refractivity contribution is -0.141. The molecule has 2 aromatic carbocycles. The largest absolute Gasteiger partial charge is 0.457 e. The van der Waals surface area contributed by atoms with E-state index in [0.29, 0.717) is 43.4 Å². The number of ether oxygens (including phenoxy) is 1. The number of esters is 1. The number of thioether (sulfide) groups is 1. The van der Waals surface area contributed by atoms with Crippen molar-refractivity contribution in [2.45, 2.75) is 52.7 Å². The number of benzene rings is 2. The molecule has 0 unspecified atom stereocenters. The van der Waals surface area contributed by atoms with Crippen molar-refractivity contribution < 1.29 is 19.1 Å². The molecule has 0 spiro atoms. The van der Waals surface area contributed by atoms with Crippen LogP contribution in [0.2, 0.25) is 0 Å². The van der Waals surface area contributed by atoms with Crippen molar-refractivity contribution in [3.05, 3.63) is 93.7 Å². The Morgan fingerprint density at radius 3 is 2.27 bits per heavy atom. The van der Waals surface area contributed by atoms with Crippen molar-refractivity contribution in [1.29, 1.82) is 0 Å². The number of carbonyl (C=O) groups excluding carboxylic acids is 3. The van der Waals surface area contributed by atoms with Gasteiger partial charge in [-0.1, -0.05) is 80.2 Å². The second-order valence-corrected chi connectivity index (χ2v) is 11.7. The summed E-state index contributed by atoms with van der Waals surface area (Å²) in [6.07, 6.45) is 0.179. The number of aliphatic imine (C=N–C) groups is 1. The highest BCUT2D eigenvalue weighted by atomic mass is 32.2. The first-order valence-corrected chi connectivity index (χ1v) is 14.9. The molecule has 41 heavy (non-hydrogen) atoms. The third kappa shape index (κ3) is 6.25. The molecule has 0 aromatic heterocycles. The van der Waals surface area contributed by atoms with Gasteiger partial charge in [-0.3, -0.25) is 9.59 Å². The van der Waals surface area contributed by atoms with E-state index in [0.717, 1.165) is 22.0 Å². The summed E-state index contributed by atoms with van der Waals surface area (Å²) >= 11 is 1.47. The van der Waals surface area contributed by atoms with Crippen LogP contribution in [-0.4, -0.2) is 63.8 Å². The number of fused-ring (bicyclic) bond motifs is 1. The topological polar surface area (TPSA) is 82.5 Å². The van der Waals surface area contributed by atoms with Crippen LogP contribution in [0.5, 0.6) is 0 Å². The summed E-state index contributed by atoms with van der Waals surface area (Å²) < 4.78 is 5.81. The molecule has 3 aliphatic heterocycles. The Labute approximate surface area is 245 Å². The molecule has 0 N–H and O–H groups in total. The van der Waals surface area contributed by atoms with Crippen molar-refractivity contribution in [2.75, 3.05) is 26.2 Å². The van der Waals surface area contributed by atoms with Gasteiger partial charge in [0.1, 0.15) is 6.61 Å². The number of hydrogen-bond donors (Lipinski definition) is 0. The van der Waals surface area contributed by atoms with Crippen LogP contribution in [0.1, 0.15) is 62.8 Å². The van der Waals surface area contributed by atoms with E-state index in [1.54, 1.807) is 11.8 Å². The van der Waals surface area contributed by atoms with Crippen LogP contribution in [-0.2, 0) is 25.7 Å². The van der Waals surface area contributed by atoms with Crippen molar-refractivity contribution in [3.63, 3.8) is 0 Å². The average Bonchev–Trinajstić information content (AvgIpc) is 3.37. The van der Waals surface area contributed by atoms with Gasteiger partial charge in [0.2, 0.25) is 11.8 Å². The standard InChI is InChI=1S/C32H36N4O4S/c1-21(2)25-10-12-26(13-11-25)30-29(31(39)40-19-24-8-6-5-7-9-24)22(3)33-32-36(30)27(20-41-32)18-28(38)35-16-14-34(15-17-35)23(4)37/h5-13,20-21,30H,14-19H2,1-4H3/t30-/m0/s1. The molecule has 0 bridgehead atoms. The van der Waals surface area contributed by atoms with Gasteiger partial charge in [0, 0.05) is 38.8 Å². The van der Waals surface area contributed by atoms with Gasteiger partial charge in [-0.2, -0.15) is 0 Å². The Hall–Kier alpha value is -3.85. The Kier molecular flexibility index (Phi) is 8.63. The van der Waals surface area contributed by atoms with E-state index in [2.05, 4.69) is 38.1 Å². The van der Waals surface area contributed by atoms with Gasteiger partial charge >= 0.3 is 5.97 Å². The van der Waals surface area contributed by atoms with Crippen molar-refractivity contribution in [2.24, 2.45) is 4.99 Å². The number of amidine groups is 1. The first-order valence-electron chi connectivity index (χ1n) is 14.0. The molecule has 2 aromatic rings. The minimum atomic E-state index is -0.476. The zero-order chi connectivity index (χ0) is 29.1. The van der Waals surface area contributed by atoms with Gasteiger partial charge in [0.15, 0.2) is 5.17 Å². The number of rotatable bonds is 7. The summed E-state index contributed by atoms with van der Waals surface area (Å²) in [6.45, 7) is 9.95. The predicted octanol–water partition coefficient (Wildman–Crippen LogP) is 5.21. The van der Waals surface area contributed by atoms with E-state index in [4.69, 9.17) is 9.73 Å². The minimum absolute atomic E-state index is 0.00492. The number of amides is 2. The Bertz CT molecular complexity index is 1410. The Morgan fingerprint density at radius 2 is 1.63 bits per heavy atom. The lowest BCUT2D eigenvalue weighted by atomic mass is 9.92. The highest BCUT2D eigenvalue weighted by molar-refractivity contribution is 8.16. The normalized spacial score (nSPS) is 18.8. The summed E-state index contributed by atoms with van der Waals surface area (Å²) in [4.78, 5) is 49.2. The summed E-state index contributed by atoms with van der Waals surface area (Å²) in [6, 6.07) is 17.4. The highest BCUT2D eigenvalue weighted by Gasteiger charge is 2.41. The molecule has 9 heteroatoms. The summed E-state index contributed by atoms with van der Waals surface area (Å²) in [7, 11) is 0. The van der Waals surface area contributed by atoms with Crippen LogP contribution in [0.4, 0.5) is 0 Å². The molecule has 1 fully saturated rings. The molecular weight excluding hydrogens is 536 g/mol. The Balaban J connectivity index is 1.42. The van der Waals surface area contributed by atoms with Crippen LogP contribution in [0, 0.1) is 0 Å². The molecule has 0 aliphatic carbocycles. The maximum absolute atomic E-state index is 13.7. The number of piperazine rings is 1. The minimum Gasteiger partial charge on any atom is -0.457 e. The van der Waals surface area contributed by atoms with Crippen LogP contribution < -0.4 is 0 Å². The molecule has 1 saturated heterocycles. The third-order valence-corrected chi connectivity index (χ3v) is 8.65. The van der Waals surface area contributed by atoms with E-state index in [9.17, 15) is 14.4 Å².